The molecule has 0 aliphatic carbocycles. The Kier molecular flexibility index (Phi) is 7.43. The fourth-order valence-electron chi connectivity index (χ4n) is 2.33. The number of likely N-dealkylation sites (N-methyl/N-ethyl adjacent to an activating group) is 1. The van der Waals surface area contributed by atoms with Gasteiger partial charge in [-0.25, -0.2) is 0 Å². The number of amides is 2. The van der Waals surface area contributed by atoms with Gasteiger partial charge in [-0.1, -0.05) is 12.1 Å². The van der Waals surface area contributed by atoms with Gasteiger partial charge < -0.3 is 19.7 Å². The van der Waals surface area contributed by atoms with Gasteiger partial charge in [0.25, 0.3) is 0 Å². The van der Waals surface area contributed by atoms with E-state index in [4.69, 9.17) is 9.47 Å². The molecule has 0 radical (unpaired) electrons. The number of carbonyl (C=O) groups is 2. The molecule has 0 saturated heterocycles. The van der Waals surface area contributed by atoms with Gasteiger partial charge in [-0.2, -0.15) is 0 Å². The van der Waals surface area contributed by atoms with Crippen molar-refractivity contribution in [3.63, 3.8) is 0 Å². The number of hydrogen-bond donors (Lipinski definition) is 1. The predicted molar refractivity (Wildman–Crippen MR) is 106 cm³/mol. The molecule has 6 nitrogen and oxygen atoms in total. The van der Waals surface area contributed by atoms with Crippen molar-refractivity contribution in [1.29, 1.82) is 0 Å². The fourth-order valence-corrected chi connectivity index (χ4v) is 2.33. The summed E-state index contributed by atoms with van der Waals surface area (Å²) < 4.78 is 10.5. The number of rotatable bonds is 8. The SMILES string of the molecule is CCOc1ccc(NC(=O)CN(C)C(=O)/C=C/c2cccc(OC)c2)cc1. The molecule has 2 aromatic carbocycles. The zero-order valence-corrected chi connectivity index (χ0v) is 15.8. The topological polar surface area (TPSA) is 67.9 Å². The van der Waals surface area contributed by atoms with Crippen LogP contribution in [0, 0.1) is 0 Å². The highest BCUT2D eigenvalue weighted by Gasteiger charge is 2.11. The highest BCUT2D eigenvalue weighted by Crippen LogP contribution is 2.16. The monoisotopic (exact) mass is 368 g/mol. The standard InChI is InChI=1S/C21H24N2O4/c1-4-27-18-11-9-17(10-12-18)22-20(24)15-23(2)21(25)13-8-16-6-5-7-19(14-16)26-3/h5-14H,4,15H2,1-3H3,(H,22,24)/b13-8+. The minimum absolute atomic E-state index is 0.0471. The van der Waals surface area contributed by atoms with Crippen molar-refractivity contribution >= 4 is 23.6 Å². The molecule has 0 bridgehead atoms. The highest BCUT2D eigenvalue weighted by molar-refractivity contribution is 5.97. The van der Waals surface area contributed by atoms with E-state index in [1.807, 2.05) is 31.2 Å². The number of nitrogens with one attached hydrogen (secondary N) is 1. The second kappa shape index (κ2) is 10.0. The summed E-state index contributed by atoms with van der Waals surface area (Å²) in [6.45, 7) is 2.45. The molecule has 0 aliphatic heterocycles. The average Bonchev–Trinajstić information content (AvgIpc) is 2.67. The van der Waals surface area contributed by atoms with Crippen molar-refractivity contribution in [3.05, 3.63) is 60.2 Å². The summed E-state index contributed by atoms with van der Waals surface area (Å²) in [7, 11) is 3.17. The third-order valence-corrected chi connectivity index (χ3v) is 3.72. The number of nitrogens with zero attached hydrogens (tertiary/aromatic N) is 1. The molecule has 2 aromatic rings. The van der Waals surface area contributed by atoms with Crippen molar-refractivity contribution in [2.45, 2.75) is 6.92 Å². The zero-order chi connectivity index (χ0) is 19.6. The van der Waals surface area contributed by atoms with Crippen molar-refractivity contribution in [3.8, 4) is 11.5 Å². The summed E-state index contributed by atoms with van der Waals surface area (Å²) in [5.41, 5.74) is 1.49. The first-order valence-electron chi connectivity index (χ1n) is 8.61. The first kappa shape index (κ1) is 20.0. The number of anilines is 1. The number of ether oxygens (including phenoxy) is 2. The largest absolute Gasteiger partial charge is 0.497 e. The van der Waals surface area contributed by atoms with E-state index in [-0.39, 0.29) is 18.4 Å². The van der Waals surface area contributed by atoms with Gasteiger partial charge in [0, 0.05) is 18.8 Å². The number of hydrogen-bond acceptors (Lipinski definition) is 4. The molecular weight excluding hydrogens is 344 g/mol. The summed E-state index contributed by atoms with van der Waals surface area (Å²) in [5, 5.41) is 2.76. The maximum atomic E-state index is 12.2. The molecule has 2 amide bonds. The van der Waals surface area contributed by atoms with Crippen LogP contribution in [0.1, 0.15) is 12.5 Å². The van der Waals surface area contributed by atoms with E-state index in [0.29, 0.717) is 18.0 Å². The minimum Gasteiger partial charge on any atom is -0.497 e. The lowest BCUT2D eigenvalue weighted by Crippen LogP contribution is -2.33. The zero-order valence-electron chi connectivity index (χ0n) is 15.8. The summed E-state index contributed by atoms with van der Waals surface area (Å²) in [6, 6.07) is 14.4. The lowest BCUT2D eigenvalue weighted by Gasteiger charge is -2.15. The van der Waals surface area contributed by atoms with Gasteiger partial charge in [0.05, 0.1) is 20.3 Å². The van der Waals surface area contributed by atoms with Crippen LogP contribution in [0.15, 0.2) is 54.6 Å². The van der Waals surface area contributed by atoms with E-state index in [9.17, 15) is 9.59 Å². The summed E-state index contributed by atoms with van der Waals surface area (Å²) in [6.07, 6.45) is 3.12. The van der Waals surface area contributed by atoms with Crippen LogP contribution in [0.2, 0.25) is 0 Å². The van der Waals surface area contributed by atoms with E-state index >= 15 is 0 Å². The first-order valence-corrected chi connectivity index (χ1v) is 8.61. The molecule has 0 unspecified atom stereocenters. The third kappa shape index (κ3) is 6.51. The van der Waals surface area contributed by atoms with Crippen LogP contribution in [0.4, 0.5) is 5.69 Å². The van der Waals surface area contributed by atoms with Gasteiger partial charge in [-0.05, 0) is 55.0 Å². The van der Waals surface area contributed by atoms with Crippen molar-refractivity contribution in [1.82, 2.24) is 4.90 Å². The Hall–Kier alpha value is -3.28. The first-order chi connectivity index (χ1) is 13.0. The molecule has 142 valence electrons. The van der Waals surface area contributed by atoms with Gasteiger partial charge in [0.15, 0.2) is 0 Å². The maximum absolute atomic E-state index is 12.2. The average molecular weight is 368 g/mol. The molecule has 1 N–H and O–H groups in total. The quantitative estimate of drug-likeness (QED) is 0.727. The van der Waals surface area contributed by atoms with Crippen LogP contribution in [0.5, 0.6) is 11.5 Å². The fraction of sp³-hybridized carbons (Fsp3) is 0.238. The molecule has 2 rings (SSSR count). The van der Waals surface area contributed by atoms with Crippen molar-refractivity contribution < 1.29 is 19.1 Å². The maximum Gasteiger partial charge on any atom is 0.246 e. The summed E-state index contributed by atoms with van der Waals surface area (Å²) in [5.74, 6) is 0.919. The molecule has 0 atom stereocenters. The van der Waals surface area contributed by atoms with Crippen LogP contribution in [0.3, 0.4) is 0 Å². The van der Waals surface area contributed by atoms with E-state index in [1.165, 1.54) is 11.0 Å². The van der Waals surface area contributed by atoms with Crippen LogP contribution in [0.25, 0.3) is 6.08 Å². The van der Waals surface area contributed by atoms with Crippen LogP contribution in [-0.4, -0.2) is 44.0 Å². The Morgan fingerprint density at radius 3 is 2.52 bits per heavy atom. The number of carbonyl (C=O) groups excluding carboxylic acids is 2. The van der Waals surface area contributed by atoms with Crippen molar-refractivity contribution in [2.24, 2.45) is 0 Å². The van der Waals surface area contributed by atoms with E-state index < -0.39 is 0 Å². The van der Waals surface area contributed by atoms with Crippen molar-refractivity contribution in [2.75, 3.05) is 32.6 Å². The molecular formula is C21H24N2O4. The molecule has 6 heteroatoms. The highest BCUT2D eigenvalue weighted by atomic mass is 16.5. The van der Waals surface area contributed by atoms with E-state index in [2.05, 4.69) is 5.32 Å². The minimum atomic E-state index is -0.273. The van der Waals surface area contributed by atoms with Gasteiger partial charge in [0.1, 0.15) is 11.5 Å². The molecule has 0 spiro atoms. The molecule has 0 fully saturated rings. The van der Waals surface area contributed by atoms with Crippen LogP contribution >= 0.6 is 0 Å². The normalized spacial score (nSPS) is 10.5. The number of methoxy groups -OCH3 is 1. The predicted octanol–water partition coefficient (Wildman–Crippen LogP) is 3.20. The van der Waals surface area contributed by atoms with Crippen LogP contribution < -0.4 is 14.8 Å². The lowest BCUT2D eigenvalue weighted by molar-refractivity contribution is -0.129. The van der Waals surface area contributed by atoms with Gasteiger partial charge in [-0.3, -0.25) is 9.59 Å². The second-order valence-corrected chi connectivity index (χ2v) is 5.81. The van der Waals surface area contributed by atoms with Gasteiger partial charge >= 0.3 is 0 Å². The van der Waals surface area contributed by atoms with E-state index in [0.717, 1.165) is 11.3 Å². The molecule has 0 aromatic heterocycles. The lowest BCUT2D eigenvalue weighted by atomic mass is 10.2. The Bertz CT molecular complexity index is 800. The molecule has 0 heterocycles. The number of benzene rings is 2. The molecule has 0 aliphatic rings. The Morgan fingerprint density at radius 2 is 1.85 bits per heavy atom. The summed E-state index contributed by atoms with van der Waals surface area (Å²) in [4.78, 5) is 25.7. The Balaban J connectivity index is 1.87. The van der Waals surface area contributed by atoms with Gasteiger partial charge in [0.2, 0.25) is 11.8 Å². The van der Waals surface area contributed by atoms with E-state index in [1.54, 1.807) is 44.5 Å². The van der Waals surface area contributed by atoms with Crippen LogP contribution in [-0.2, 0) is 9.59 Å². The molecule has 27 heavy (non-hydrogen) atoms. The Labute approximate surface area is 159 Å². The molecule has 0 saturated carbocycles. The Morgan fingerprint density at radius 1 is 1.11 bits per heavy atom. The third-order valence-electron chi connectivity index (χ3n) is 3.72. The van der Waals surface area contributed by atoms with Gasteiger partial charge in [-0.15, -0.1) is 0 Å². The second-order valence-electron chi connectivity index (χ2n) is 5.81. The smallest absolute Gasteiger partial charge is 0.246 e. The summed E-state index contributed by atoms with van der Waals surface area (Å²) >= 11 is 0.